The van der Waals surface area contributed by atoms with Crippen LogP contribution in [0.3, 0.4) is 0 Å². The van der Waals surface area contributed by atoms with Crippen molar-refractivity contribution in [2.45, 2.75) is 122 Å². The molecular formula is C38H50O15. The van der Waals surface area contributed by atoms with E-state index >= 15 is 0 Å². The molecular weight excluding hydrogens is 696 g/mol. The van der Waals surface area contributed by atoms with E-state index in [0.717, 1.165) is 12.5 Å². The largest absolute Gasteiger partial charge is 0.472 e. The van der Waals surface area contributed by atoms with E-state index in [0.29, 0.717) is 18.4 Å². The number of epoxide rings is 1. The van der Waals surface area contributed by atoms with E-state index in [4.69, 9.17) is 37.6 Å². The number of furan rings is 1. The first-order valence-electron chi connectivity index (χ1n) is 17.8. The molecule has 4 aliphatic rings. The lowest BCUT2D eigenvalue weighted by atomic mass is 9.48. The van der Waals surface area contributed by atoms with Gasteiger partial charge in [-0.1, -0.05) is 40.7 Å². The number of hydrogen-bond donors (Lipinski definition) is 1. The average Bonchev–Trinajstić information content (AvgIpc) is 3.47. The van der Waals surface area contributed by atoms with Gasteiger partial charge in [0.05, 0.1) is 37.6 Å². The summed E-state index contributed by atoms with van der Waals surface area (Å²) in [5.41, 5.74) is -4.44. The highest BCUT2D eigenvalue weighted by molar-refractivity contribution is 5.80. The molecule has 0 bridgehead atoms. The number of methoxy groups -OCH3 is 1. The van der Waals surface area contributed by atoms with Gasteiger partial charge in [0.15, 0.2) is 12.2 Å². The zero-order valence-electron chi connectivity index (χ0n) is 31.4. The minimum atomic E-state index is -1.76. The van der Waals surface area contributed by atoms with Gasteiger partial charge in [-0.25, -0.2) is 9.59 Å². The van der Waals surface area contributed by atoms with Crippen LogP contribution >= 0.6 is 0 Å². The summed E-state index contributed by atoms with van der Waals surface area (Å²) in [5, 5.41) is 11.1. The Morgan fingerprint density at radius 2 is 1.83 bits per heavy atom. The second-order valence-corrected chi connectivity index (χ2v) is 15.5. The van der Waals surface area contributed by atoms with Crippen molar-refractivity contribution in [3.8, 4) is 0 Å². The van der Waals surface area contributed by atoms with Crippen LogP contribution in [-0.4, -0.2) is 96.9 Å². The molecule has 0 radical (unpaired) electrons. The SMILES string of the molecule is C=C1[C@@H]([C@@]2(C)C[C@H](OC(C)=O)C(=O)O[C@](C)(COC(C)=O)[C@@H]2CC(=O)OC)[C@@H](OC=O)[C@H](OC(=O)C(O)C(C)CC)[C@@]2(C)[C@H](c3ccoc3)C[C@H]3O[C@]132. The summed E-state index contributed by atoms with van der Waals surface area (Å²) in [7, 11) is 1.19. The summed E-state index contributed by atoms with van der Waals surface area (Å²) < 4.78 is 46.4. The summed E-state index contributed by atoms with van der Waals surface area (Å²) in [5.74, 6) is -7.19. The van der Waals surface area contributed by atoms with Gasteiger partial charge in [-0.05, 0) is 41.9 Å². The maximum absolute atomic E-state index is 13.9. The summed E-state index contributed by atoms with van der Waals surface area (Å²) >= 11 is 0. The zero-order chi connectivity index (χ0) is 39.3. The van der Waals surface area contributed by atoms with E-state index in [1.807, 2.05) is 13.8 Å². The topological polar surface area (TPSA) is 204 Å². The molecule has 2 aliphatic carbocycles. The number of rotatable bonds is 13. The van der Waals surface area contributed by atoms with E-state index in [9.17, 15) is 33.9 Å². The van der Waals surface area contributed by atoms with Gasteiger partial charge >= 0.3 is 29.8 Å². The van der Waals surface area contributed by atoms with Crippen molar-refractivity contribution in [1.29, 1.82) is 0 Å². The molecule has 1 aromatic rings. The molecule has 0 amide bonds. The van der Waals surface area contributed by atoms with Crippen LogP contribution in [-0.2, 0) is 61.9 Å². The normalized spacial score (nSPS) is 38.5. The minimum Gasteiger partial charge on any atom is -0.472 e. The smallest absolute Gasteiger partial charge is 0.348 e. The van der Waals surface area contributed by atoms with Crippen molar-refractivity contribution in [3.05, 3.63) is 36.3 Å². The van der Waals surface area contributed by atoms with Crippen LogP contribution in [0.5, 0.6) is 0 Å². The fourth-order valence-electron chi connectivity index (χ4n) is 9.76. The van der Waals surface area contributed by atoms with Crippen molar-refractivity contribution < 1.29 is 71.4 Å². The van der Waals surface area contributed by atoms with Gasteiger partial charge in [0.1, 0.15) is 30.0 Å². The summed E-state index contributed by atoms with van der Waals surface area (Å²) in [6.45, 7) is 15.1. The van der Waals surface area contributed by atoms with Crippen LogP contribution < -0.4 is 0 Å². The van der Waals surface area contributed by atoms with Crippen molar-refractivity contribution in [3.63, 3.8) is 0 Å². The number of carbonyl (C=O) groups excluding carboxylic acids is 6. The number of hydrogen-bond acceptors (Lipinski definition) is 15. The average molecular weight is 747 g/mol. The van der Waals surface area contributed by atoms with Crippen LogP contribution in [0.4, 0.5) is 0 Å². The predicted octanol–water partition coefficient (Wildman–Crippen LogP) is 3.34. The number of cyclic esters (lactones) is 1. The molecule has 292 valence electrons. The van der Waals surface area contributed by atoms with E-state index in [-0.39, 0.29) is 18.8 Å². The van der Waals surface area contributed by atoms with Gasteiger partial charge in [-0.3, -0.25) is 19.2 Å². The van der Waals surface area contributed by atoms with Crippen LogP contribution in [0.25, 0.3) is 0 Å². The lowest BCUT2D eigenvalue weighted by Crippen LogP contribution is -2.67. The molecule has 5 rings (SSSR count). The molecule has 1 aromatic heterocycles. The highest BCUT2D eigenvalue weighted by atomic mass is 16.6. The zero-order valence-corrected chi connectivity index (χ0v) is 31.4. The fraction of sp³-hybridized carbons (Fsp3) is 0.684. The summed E-state index contributed by atoms with van der Waals surface area (Å²) in [4.78, 5) is 78.2. The Balaban J connectivity index is 1.78. The first-order valence-corrected chi connectivity index (χ1v) is 17.8. The molecule has 15 nitrogen and oxygen atoms in total. The van der Waals surface area contributed by atoms with Gasteiger partial charge in [-0.15, -0.1) is 0 Å². The highest BCUT2D eigenvalue weighted by Gasteiger charge is 2.84. The van der Waals surface area contributed by atoms with Crippen molar-refractivity contribution >= 4 is 36.3 Å². The van der Waals surface area contributed by atoms with Gasteiger partial charge in [0.25, 0.3) is 6.47 Å². The second kappa shape index (κ2) is 14.5. The third-order valence-electron chi connectivity index (χ3n) is 12.5. The van der Waals surface area contributed by atoms with Crippen LogP contribution in [0, 0.1) is 28.6 Å². The summed E-state index contributed by atoms with van der Waals surface area (Å²) in [6, 6.07) is 1.79. The second-order valence-electron chi connectivity index (χ2n) is 15.5. The Morgan fingerprint density at radius 1 is 1.13 bits per heavy atom. The molecule has 0 aromatic carbocycles. The standard InChI is InChI=1S/C38H50O15/c1-10-19(2)30(43)34(45)51-32-31(49-18-39)29(20(3)38-27(52-38)13-24(37(32,38)8)23-11-12-47-16-23)35(6)15-25(50-22(5)41)33(44)53-36(7,17-48-21(4)40)26(35)14-28(42)46-9/h11-12,16,18-19,24-27,29-32,43H,3,10,13-15,17H2,1-2,4-9H3/t19?,24-,25-,26+,27+,29+,30?,31+,32-,35-,36+,37+,38+/m0/s1. The maximum atomic E-state index is 13.9. The van der Waals surface area contributed by atoms with Gasteiger partial charge in [0.2, 0.25) is 0 Å². The fourth-order valence-corrected chi connectivity index (χ4v) is 9.76. The van der Waals surface area contributed by atoms with E-state index in [1.165, 1.54) is 27.2 Å². The molecule has 1 spiro atoms. The van der Waals surface area contributed by atoms with Crippen molar-refractivity contribution in [2.75, 3.05) is 13.7 Å². The van der Waals surface area contributed by atoms with Crippen molar-refractivity contribution in [1.82, 2.24) is 0 Å². The van der Waals surface area contributed by atoms with Crippen LogP contribution in [0.15, 0.2) is 35.2 Å². The first kappa shape index (κ1) is 40.0. The maximum Gasteiger partial charge on any atom is 0.348 e. The molecule has 4 fully saturated rings. The quantitative estimate of drug-likeness (QED) is 0.101. The molecule has 13 atom stereocenters. The molecule has 15 heteroatoms. The molecule has 3 heterocycles. The van der Waals surface area contributed by atoms with E-state index < -0.39 is 113 Å². The first-order chi connectivity index (χ1) is 24.9. The molecule has 2 saturated carbocycles. The Kier molecular flexibility index (Phi) is 11.0. The molecule has 2 unspecified atom stereocenters. The third-order valence-corrected chi connectivity index (χ3v) is 12.5. The van der Waals surface area contributed by atoms with Gasteiger partial charge in [-0.2, -0.15) is 0 Å². The lowest BCUT2D eigenvalue weighted by molar-refractivity contribution is -0.216. The van der Waals surface area contributed by atoms with Crippen molar-refractivity contribution in [2.24, 2.45) is 28.6 Å². The number of ether oxygens (including phenoxy) is 7. The Bertz CT molecular complexity index is 1620. The predicted molar refractivity (Wildman–Crippen MR) is 180 cm³/mol. The van der Waals surface area contributed by atoms with Crippen LogP contribution in [0.1, 0.15) is 85.6 Å². The van der Waals surface area contributed by atoms with Crippen LogP contribution in [0.2, 0.25) is 0 Å². The molecule has 53 heavy (non-hydrogen) atoms. The molecule has 2 aliphatic heterocycles. The van der Waals surface area contributed by atoms with E-state index in [1.54, 1.807) is 26.2 Å². The van der Waals surface area contributed by atoms with Gasteiger partial charge < -0.3 is 42.7 Å². The number of aliphatic hydroxyl groups is 1. The lowest BCUT2D eigenvalue weighted by Gasteiger charge is -2.59. The number of carbonyl (C=O) groups is 6. The van der Waals surface area contributed by atoms with E-state index in [2.05, 4.69) is 6.58 Å². The Labute approximate surface area is 307 Å². The third kappa shape index (κ3) is 6.53. The number of esters is 5. The number of aliphatic hydroxyl groups excluding tert-OH is 1. The van der Waals surface area contributed by atoms with Gasteiger partial charge in [0, 0.05) is 38.0 Å². The monoisotopic (exact) mass is 746 g/mol. The molecule has 2 saturated heterocycles. The summed E-state index contributed by atoms with van der Waals surface area (Å²) in [6.07, 6.45) is -2.95. The minimum absolute atomic E-state index is 0.212. The molecule has 1 N–H and O–H groups in total. The highest BCUT2D eigenvalue weighted by Crippen LogP contribution is 2.76. The Morgan fingerprint density at radius 3 is 2.40 bits per heavy atom. The Hall–Kier alpha value is -4.24.